The molecule has 12 aromatic rings. The topological polar surface area (TPSA) is 48.8 Å². The molecule has 0 atom stereocenters. The maximum Gasteiger partial charge on any atom is 0.179 e. The number of aromatic nitrogens is 4. The molecule has 0 saturated heterocycles. The summed E-state index contributed by atoms with van der Waals surface area (Å²) in [5.74, 6) is 1.55. The Labute approximate surface area is 363 Å². The molecule has 5 heteroatoms. The number of furan rings is 1. The lowest BCUT2D eigenvalue weighted by Gasteiger charge is -2.21. The van der Waals surface area contributed by atoms with Crippen LogP contribution in [0.5, 0.6) is 0 Å². The van der Waals surface area contributed by atoms with Crippen molar-refractivity contribution in [3.63, 3.8) is 0 Å². The molecule has 0 saturated carbocycles. The first-order chi connectivity index (χ1) is 31.3. The van der Waals surface area contributed by atoms with Crippen LogP contribution in [0, 0.1) is 0 Å². The van der Waals surface area contributed by atoms with Gasteiger partial charge in [-0.3, -0.25) is 0 Å². The molecule has 0 radical (unpaired) electrons. The van der Waals surface area contributed by atoms with E-state index in [0.29, 0.717) is 11.4 Å². The Balaban J connectivity index is 1.18. The highest BCUT2D eigenvalue weighted by molar-refractivity contribution is 6.20. The number of para-hydroxylation sites is 3. The molecule has 8 aromatic carbocycles. The molecular weight excluding hydrogens is 769 g/mol. The van der Waals surface area contributed by atoms with Gasteiger partial charge in [0.2, 0.25) is 0 Å². The Morgan fingerprint density at radius 3 is 1.62 bits per heavy atom. The van der Waals surface area contributed by atoms with Gasteiger partial charge in [-0.05, 0) is 78.6 Å². The van der Waals surface area contributed by atoms with Crippen LogP contribution < -0.4 is 0 Å². The predicted octanol–water partition coefficient (Wildman–Crippen LogP) is 15.0. The minimum Gasteiger partial charge on any atom is -0.452 e. The fraction of sp³-hybridized carbons (Fsp3) is 0.0345. The van der Waals surface area contributed by atoms with E-state index >= 15 is 0 Å². The third kappa shape index (κ3) is 5.56. The molecule has 0 aliphatic heterocycles. The molecule has 0 fully saturated rings. The summed E-state index contributed by atoms with van der Waals surface area (Å²) >= 11 is 0. The number of benzene rings is 8. The van der Waals surface area contributed by atoms with Crippen molar-refractivity contribution in [1.82, 2.24) is 19.1 Å². The van der Waals surface area contributed by atoms with Crippen LogP contribution in [-0.2, 0) is 6.42 Å². The standard InChI is InChI=1S/C58H38N4O/c1-5-19-37(20-6-1)45-33-40(54-57-55(44-29-15-18-32-53(44)63-57)60-58(59-54)39-23-9-3-10-24-39)34-46(38-21-7-2-8-22-38)56(45)62-50-31-17-14-28-43(50)48-35-47-42-27-13-16-30-49(42)61(51(47)36-52(48)62)41-25-11-4-12-26-41/h1-14,16-28,30-36H,15,29H2. The van der Waals surface area contributed by atoms with Gasteiger partial charge in [0.25, 0.3) is 0 Å². The second-order valence-corrected chi connectivity index (χ2v) is 16.4. The Morgan fingerprint density at radius 1 is 0.444 bits per heavy atom. The average molecular weight is 807 g/mol. The number of fused-ring (bicyclic) bond motifs is 9. The molecule has 13 rings (SSSR count). The zero-order valence-corrected chi connectivity index (χ0v) is 34.2. The quantitative estimate of drug-likeness (QED) is 0.168. The highest BCUT2D eigenvalue weighted by Gasteiger charge is 2.27. The van der Waals surface area contributed by atoms with Gasteiger partial charge in [0.1, 0.15) is 17.0 Å². The summed E-state index contributed by atoms with van der Waals surface area (Å²) in [6.07, 6.45) is 6.10. The Hall–Kier alpha value is -8.28. The molecule has 63 heavy (non-hydrogen) atoms. The first-order valence-corrected chi connectivity index (χ1v) is 21.6. The number of hydrogen-bond acceptors (Lipinski definition) is 3. The Bertz CT molecular complexity index is 3710. The fourth-order valence-corrected chi connectivity index (χ4v) is 9.96. The maximum atomic E-state index is 6.77. The van der Waals surface area contributed by atoms with E-state index in [9.17, 15) is 0 Å². The maximum absolute atomic E-state index is 6.77. The number of aryl methyl sites for hydroxylation is 1. The van der Waals surface area contributed by atoms with Crippen LogP contribution in [0.1, 0.15) is 17.7 Å². The minimum atomic E-state index is 0.683. The predicted molar refractivity (Wildman–Crippen MR) is 260 cm³/mol. The fourth-order valence-electron chi connectivity index (χ4n) is 9.96. The van der Waals surface area contributed by atoms with Crippen LogP contribution >= 0.6 is 0 Å². The number of rotatable bonds is 6. The largest absolute Gasteiger partial charge is 0.452 e. The van der Waals surface area contributed by atoms with E-state index in [-0.39, 0.29) is 0 Å². The lowest BCUT2D eigenvalue weighted by Crippen LogP contribution is -2.03. The molecule has 4 aromatic heterocycles. The van der Waals surface area contributed by atoms with Gasteiger partial charge in [-0.2, -0.15) is 0 Å². The van der Waals surface area contributed by atoms with Crippen LogP contribution in [0.15, 0.2) is 205 Å². The van der Waals surface area contributed by atoms with Crippen molar-refractivity contribution in [3.05, 3.63) is 212 Å². The van der Waals surface area contributed by atoms with Gasteiger partial charge in [-0.15, -0.1) is 0 Å². The molecule has 296 valence electrons. The van der Waals surface area contributed by atoms with Crippen molar-refractivity contribution in [2.75, 3.05) is 0 Å². The van der Waals surface area contributed by atoms with Crippen molar-refractivity contribution in [1.29, 1.82) is 0 Å². The molecule has 1 aliphatic rings. The summed E-state index contributed by atoms with van der Waals surface area (Å²) in [6, 6.07) is 69.7. The van der Waals surface area contributed by atoms with E-state index in [4.69, 9.17) is 14.4 Å². The number of hydrogen-bond donors (Lipinski definition) is 0. The van der Waals surface area contributed by atoms with Gasteiger partial charge in [-0.1, -0.05) is 152 Å². The lowest BCUT2D eigenvalue weighted by atomic mass is 9.91. The highest BCUT2D eigenvalue weighted by atomic mass is 16.3. The van der Waals surface area contributed by atoms with Crippen LogP contribution in [-0.4, -0.2) is 19.1 Å². The van der Waals surface area contributed by atoms with E-state index < -0.39 is 0 Å². The van der Waals surface area contributed by atoms with Crippen molar-refractivity contribution < 1.29 is 4.42 Å². The second kappa shape index (κ2) is 14.2. The molecule has 1 aliphatic carbocycles. The Kier molecular flexibility index (Phi) is 7.97. The van der Waals surface area contributed by atoms with Crippen molar-refractivity contribution in [2.45, 2.75) is 12.8 Å². The SMILES string of the molecule is C1=Cc2oc3c(-c4cc(-c5ccccc5)c(-n5c6ccccc6c6cc7c8ccccc8n(-c8ccccc8)c7cc65)c(-c5ccccc5)c4)nc(-c4ccccc4)nc3c2CC1. The van der Waals surface area contributed by atoms with Gasteiger partial charge in [0, 0.05) is 55.0 Å². The van der Waals surface area contributed by atoms with Gasteiger partial charge >= 0.3 is 0 Å². The van der Waals surface area contributed by atoms with Crippen LogP contribution in [0.25, 0.3) is 117 Å². The molecular formula is C58H38N4O. The van der Waals surface area contributed by atoms with E-state index in [1.807, 2.05) is 18.2 Å². The number of nitrogens with zero attached hydrogens (tertiary/aromatic N) is 4. The van der Waals surface area contributed by atoms with E-state index in [0.717, 1.165) is 96.7 Å². The van der Waals surface area contributed by atoms with E-state index in [1.54, 1.807) is 0 Å². The third-order valence-corrected chi connectivity index (χ3v) is 12.8. The smallest absolute Gasteiger partial charge is 0.179 e. The Morgan fingerprint density at radius 2 is 0.984 bits per heavy atom. The summed E-state index contributed by atoms with van der Waals surface area (Å²) in [7, 11) is 0. The van der Waals surface area contributed by atoms with Gasteiger partial charge in [0.05, 0.1) is 27.8 Å². The summed E-state index contributed by atoms with van der Waals surface area (Å²) < 4.78 is 11.7. The van der Waals surface area contributed by atoms with Gasteiger partial charge in [0.15, 0.2) is 11.4 Å². The van der Waals surface area contributed by atoms with E-state index in [2.05, 4.69) is 197 Å². The lowest BCUT2D eigenvalue weighted by molar-refractivity contribution is 0.595. The second-order valence-electron chi connectivity index (χ2n) is 16.4. The van der Waals surface area contributed by atoms with Crippen LogP contribution in [0.3, 0.4) is 0 Å². The van der Waals surface area contributed by atoms with Gasteiger partial charge < -0.3 is 13.6 Å². The molecule has 4 heterocycles. The van der Waals surface area contributed by atoms with E-state index in [1.165, 1.54) is 27.1 Å². The first-order valence-electron chi connectivity index (χ1n) is 21.6. The summed E-state index contributed by atoms with van der Waals surface area (Å²) in [4.78, 5) is 10.6. The van der Waals surface area contributed by atoms with Crippen LogP contribution in [0.2, 0.25) is 0 Å². The molecule has 0 bridgehead atoms. The number of allylic oxidation sites excluding steroid dienone is 1. The minimum absolute atomic E-state index is 0.683. The monoisotopic (exact) mass is 806 g/mol. The van der Waals surface area contributed by atoms with Crippen molar-refractivity contribution in [2.24, 2.45) is 0 Å². The van der Waals surface area contributed by atoms with Crippen molar-refractivity contribution >= 4 is 60.8 Å². The van der Waals surface area contributed by atoms with Crippen LogP contribution in [0.4, 0.5) is 0 Å². The first kappa shape index (κ1) is 35.5. The zero-order valence-electron chi connectivity index (χ0n) is 34.2. The molecule has 5 nitrogen and oxygen atoms in total. The van der Waals surface area contributed by atoms with Crippen molar-refractivity contribution in [3.8, 4) is 56.3 Å². The molecule has 0 spiro atoms. The third-order valence-electron chi connectivity index (χ3n) is 12.8. The highest BCUT2D eigenvalue weighted by Crippen LogP contribution is 2.47. The summed E-state index contributed by atoms with van der Waals surface area (Å²) in [6.45, 7) is 0. The molecule has 0 amide bonds. The molecule has 0 unspecified atom stereocenters. The van der Waals surface area contributed by atoms with Gasteiger partial charge in [-0.25, -0.2) is 9.97 Å². The zero-order chi connectivity index (χ0) is 41.4. The average Bonchev–Trinajstić information content (AvgIpc) is 4.01. The summed E-state index contributed by atoms with van der Waals surface area (Å²) in [5, 5.41) is 4.86. The molecule has 0 N–H and O–H groups in total. The summed E-state index contributed by atoms with van der Waals surface area (Å²) in [5.41, 5.74) is 16.7. The normalized spacial score (nSPS) is 12.6.